The van der Waals surface area contributed by atoms with Gasteiger partial charge >= 0.3 is 0 Å². The molecule has 0 saturated carbocycles. The number of likely N-dealkylation sites (N-methyl/N-ethyl adjacent to an activating group) is 1. The van der Waals surface area contributed by atoms with Crippen LogP contribution in [-0.2, 0) is 16.4 Å². The summed E-state index contributed by atoms with van der Waals surface area (Å²) >= 11 is 0. The number of sulfonamides is 1. The minimum Gasteiger partial charge on any atom is -0.304 e. The Hall–Kier alpha value is -3.01. The summed E-state index contributed by atoms with van der Waals surface area (Å²) < 4.78 is 28.8. The number of hydrogen-bond donors (Lipinski definition) is 1. The van der Waals surface area contributed by atoms with E-state index in [0.717, 1.165) is 17.7 Å². The molecule has 2 aromatic carbocycles. The van der Waals surface area contributed by atoms with Crippen LogP contribution in [-0.4, -0.2) is 66.8 Å². The lowest BCUT2D eigenvalue weighted by Gasteiger charge is -2.31. The first kappa shape index (κ1) is 23.2. The van der Waals surface area contributed by atoms with Crippen LogP contribution in [0.2, 0.25) is 0 Å². The van der Waals surface area contributed by atoms with Crippen LogP contribution in [0.5, 0.6) is 0 Å². The molecular formula is C24H29N5O3S. The highest BCUT2D eigenvalue weighted by Gasteiger charge is 2.27. The minimum absolute atomic E-state index is 0.227. The zero-order valence-electron chi connectivity index (χ0n) is 19.2. The van der Waals surface area contributed by atoms with Crippen LogP contribution < -0.4 is 5.56 Å². The van der Waals surface area contributed by atoms with Gasteiger partial charge in [-0.05, 0) is 56.3 Å². The highest BCUT2D eigenvalue weighted by atomic mass is 32.2. The first-order valence-corrected chi connectivity index (χ1v) is 12.5. The second kappa shape index (κ2) is 9.46. The molecular weight excluding hydrogens is 438 g/mol. The molecule has 0 aliphatic carbocycles. The predicted molar refractivity (Wildman–Crippen MR) is 130 cm³/mol. The maximum absolute atomic E-state index is 13.0. The van der Waals surface area contributed by atoms with Crippen LogP contribution in [0.1, 0.15) is 23.7 Å². The summed E-state index contributed by atoms with van der Waals surface area (Å²) in [5.41, 5.74) is 3.43. The molecule has 3 aromatic rings. The second-order valence-corrected chi connectivity index (χ2v) is 10.2. The molecule has 1 aromatic heterocycles. The van der Waals surface area contributed by atoms with Crippen molar-refractivity contribution in [1.82, 2.24) is 19.0 Å². The van der Waals surface area contributed by atoms with Crippen molar-refractivity contribution in [2.45, 2.75) is 25.2 Å². The second-order valence-electron chi connectivity index (χ2n) is 8.23. The molecule has 9 heteroatoms. The van der Waals surface area contributed by atoms with Gasteiger partial charge in [-0.3, -0.25) is 14.9 Å². The van der Waals surface area contributed by atoms with E-state index in [9.17, 15) is 13.2 Å². The van der Waals surface area contributed by atoms with Crippen molar-refractivity contribution in [3.63, 3.8) is 0 Å². The molecule has 0 atom stereocenters. The third-order valence-corrected chi connectivity index (χ3v) is 7.93. The number of piperazine rings is 1. The number of H-pyrrole nitrogens is 1. The van der Waals surface area contributed by atoms with Crippen molar-refractivity contribution in [3.8, 4) is 5.69 Å². The van der Waals surface area contributed by atoms with Crippen LogP contribution >= 0.6 is 0 Å². The number of nitrogens with zero attached hydrogens (tertiary/aromatic N) is 4. The SMILES string of the molecule is CCc1ccccc1N=Cc1c(C)[nH]n(-c2ccc(S(=O)(=O)N3CCN(C)CC3)cc2)c1=O. The number of para-hydroxylation sites is 1. The summed E-state index contributed by atoms with van der Waals surface area (Å²) in [5, 5.41) is 3.07. The molecule has 33 heavy (non-hydrogen) atoms. The molecule has 174 valence electrons. The minimum atomic E-state index is -3.56. The molecule has 1 aliphatic heterocycles. The molecule has 8 nitrogen and oxygen atoms in total. The highest BCUT2D eigenvalue weighted by Crippen LogP contribution is 2.20. The molecule has 0 amide bonds. The molecule has 1 N–H and O–H groups in total. The summed E-state index contributed by atoms with van der Waals surface area (Å²) in [6.07, 6.45) is 2.44. The van der Waals surface area contributed by atoms with E-state index in [4.69, 9.17) is 0 Å². The number of aromatic nitrogens is 2. The molecule has 0 unspecified atom stereocenters. The Labute approximate surface area is 194 Å². The quantitative estimate of drug-likeness (QED) is 0.565. The van der Waals surface area contributed by atoms with Gasteiger partial charge in [-0.25, -0.2) is 13.1 Å². The Bertz CT molecular complexity index is 1310. The molecule has 4 rings (SSSR count). The molecule has 1 saturated heterocycles. The van der Waals surface area contributed by atoms with Gasteiger partial charge in [0.1, 0.15) is 0 Å². The van der Waals surface area contributed by atoms with Crippen molar-refractivity contribution in [3.05, 3.63) is 75.7 Å². The summed E-state index contributed by atoms with van der Waals surface area (Å²) in [5.74, 6) is 0. The Morgan fingerprint density at radius 3 is 2.36 bits per heavy atom. The van der Waals surface area contributed by atoms with Gasteiger partial charge in [-0.2, -0.15) is 4.31 Å². The monoisotopic (exact) mass is 467 g/mol. The number of aliphatic imine (C=N–C) groups is 1. The number of aryl methyl sites for hydroxylation is 2. The van der Waals surface area contributed by atoms with Crippen LogP contribution in [0.25, 0.3) is 5.69 Å². The van der Waals surface area contributed by atoms with Gasteiger partial charge in [0.05, 0.1) is 21.8 Å². The topological polar surface area (TPSA) is 90.8 Å². The zero-order valence-corrected chi connectivity index (χ0v) is 20.0. The lowest BCUT2D eigenvalue weighted by molar-refractivity contribution is 0.222. The normalized spacial score (nSPS) is 16.0. The van der Waals surface area contributed by atoms with Crippen LogP contribution in [0.4, 0.5) is 5.69 Å². The van der Waals surface area contributed by atoms with E-state index in [0.29, 0.717) is 43.1 Å². The summed E-state index contributed by atoms with van der Waals surface area (Å²) in [6, 6.07) is 14.2. The molecule has 1 aliphatic rings. The Morgan fingerprint density at radius 2 is 1.70 bits per heavy atom. The number of rotatable bonds is 6. The lowest BCUT2D eigenvalue weighted by Crippen LogP contribution is -2.47. The maximum Gasteiger partial charge on any atom is 0.280 e. The van der Waals surface area contributed by atoms with Crippen molar-refractivity contribution in [1.29, 1.82) is 0 Å². The van der Waals surface area contributed by atoms with E-state index in [1.807, 2.05) is 38.2 Å². The fraction of sp³-hybridized carbons (Fsp3) is 0.333. The van der Waals surface area contributed by atoms with Crippen molar-refractivity contribution < 1.29 is 8.42 Å². The fourth-order valence-corrected chi connectivity index (χ4v) is 5.33. The van der Waals surface area contributed by atoms with Gasteiger partial charge in [0, 0.05) is 38.1 Å². The predicted octanol–water partition coefficient (Wildman–Crippen LogP) is 2.72. The molecule has 0 spiro atoms. The summed E-state index contributed by atoms with van der Waals surface area (Å²) in [4.78, 5) is 19.9. The third kappa shape index (κ3) is 4.71. The first-order chi connectivity index (χ1) is 15.8. The van der Waals surface area contributed by atoms with Gasteiger partial charge < -0.3 is 4.90 Å². The van der Waals surface area contributed by atoms with Gasteiger partial charge in [-0.15, -0.1) is 0 Å². The Kier molecular flexibility index (Phi) is 6.64. The van der Waals surface area contributed by atoms with E-state index in [-0.39, 0.29) is 10.5 Å². The van der Waals surface area contributed by atoms with Gasteiger partial charge in [-0.1, -0.05) is 25.1 Å². The van der Waals surface area contributed by atoms with E-state index in [2.05, 4.69) is 21.9 Å². The number of nitrogens with one attached hydrogen (secondary N) is 1. The van der Waals surface area contributed by atoms with E-state index < -0.39 is 10.0 Å². The highest BCUT2D eigenvalue weighted by molar-refractivity contribution is 7.89. The Balaban J connectivity index is 1.59. The molecule has 0 radical (unpaired) electrons. The zero-order chi connectivity index (χ0) is 23.6. The average molecular weight is 468 g/mol. The molecule has 1 fully saturated rings. The van der Waals surface area contributed by atoms with Crippen molar-refractivity contribution >= 4 is 21.9 Å². The smallest absolute Gasteiger partial charge is 0.280 e. The Morgan fingerprint density at radius 1 is 1.03 bits per heavy atom. The maximum atomic E-state index is 13.0. The van der Waals surface area contributed by atoms with Gasteiger partial charge in [0.2, 0.25) is 10.0 Å². The largest absolute Gasteiger partial charge is 0.304 e. The van der Waals surface area contributed by atoms with Crippen LogP contribution in [0, 0.1) is 6.92 Å². The fourth-order valence-electron chi connectivity index (χ4n) is 3.91. The van der Waals surface area contributed by atoms with Gasteiger partial charge in [0.15, 0.2) is 0 Å². The van der Waals surface area contributed by atoms with Crippen LogP contribution in [0.15, 0.2) is 63.2 Å². The van der Waals surface area contributed by atoms with Crippen LogP contribution in [0.3, 0.4) is 0 Å². The van der Waals surface area contributed by atoms with Crippen molar-refractivity contribution in [2.75, 3.05) is 33.2 Å². The number of aromatic amines is 1. The van der Waals surface area contributed by atoms with E-state index in [1.54, 1.807) is 30.5 Å². The van der Waals surface area contributed by atoms with Crippen molar-refractivity contribution in [2.24, 2.45) is 4.99 Å². The summed E-state index contributed by atoms with van der Waals surface area (Å²) in [7, 11) is -1.57. The van der Waals surface area contributed by atoms with E-state index >= 15 is 0 Å². The summed E-state index contributed by atoms with van der Waals surface area (Å²) in [6.45, 7) is 6.25. The first-order valence-electron chi connectivity index (χ1n) is 11.0. The standard InChI is InChI=1S/C24H29N5O3S/c1-4-19-7-5-6-8-23(19)25-17-22-18(2)26-29(24(22)30)20-9-11-21(12-10-20)33(31,32)28-15-13-27(3)14-16-28/h5-12,17,26H,4,13-16H2,1-3H3. The molecule has 2 heterocycles. The number of benzene rings is 2. The molecule has 0 bridgehead atoms. The average Bonchev–Trinajstić information content (AvgIpc) is 3.11. The van der Waals surface area contributed by atoms with Gasteiger partial charge in [0.25, 0.3) is 5.56 Å². The third-order valence-electron chi connectivity index (χ3n) is 6.02. The lowest BCUT2D eigenvalue weighted by atomic mass is 10.1. The number of hydrogen-bond acceptors (Lipinski definition) is 5. The van der Waals surface area contributed by atoms with E-state index in [1.165, 1.54) is 8.99 Å².